The summed E-state index contributed by atoms with van der Waals surface area (Å²) in [7, 11) is 1.56. The third kappa shape index (κ3) is 4.40. The number of carbonyl (C=O) groups is 1. The minimum absolute atomic E-state index is 0.0549. The van der Waals surface area contributed by atoms with Crippen LogP contribution >= 0.6 is 11.6 Å². The number of halogens is 1. The van der Waals surface area contributed by atoms with Gasteiger partial charge in [-0.05, 0) is 43.5 Å². The number of rotatable bonds is 4. The molecule has 0 aliphatic carbocycles. The van der Waals surface area contributed by atoms with E-state index in [1.807, 2.05) is 17.2 Å². The lowest BCUT2D eigenvalue weighted by Crippen LogP contribution is -2.49. The van der Waals surface area contributed by atoms with Crippen LogP contribution in [0.15, 0.2) is 30.5 Å². The van der Waals surface area contributed by atoms with Crippen molar-refractivity contribution in [3.05, 3.63) is 41.0 Å². The van der Waals surface area contributed by atoms with E-state index in [2.05, 4.69) is 14.8 Å². The van der Waals surface area contributed by atoms with Gasteiger partial charge in [-0.25, -0.2) is 4.98 Å². The van der Waals surface area contributed by atoms with E-state index in [1.165, 1.54) is 19.3 Å². The van der Waals surface area contributed by atoms with Gasteiger partial charge in [0.05, 0.1) is 12.7 Å². The quantitative estimate of drug-likeness (QED) is 0.764. The molecule has 0 unspecified atom stereocenters. The Balaban J connectivity index is 1.42. The molecule has 0 saturated carbocycles. The van der Waals surface area contributed by atoms with Crippen LogP contribution in [0.2, 0.25) is 5.02 Å². The summed E-state index contributed by atoms with van der Waals surface area (Å²) in [5.41, 5.74) is 0.503. The van der Waals surface area contributed by atoms with Crippen LogP contribution in [0, 0.1) is 0 Å². The van der Waals surface area contributed by atoms with E-state index in [9.17, 15) is 4.79 Å². The van der Waals surface area contributed by atoms with Gasteiger partial charge in [-0.2, -0.15) is 4.98 Å². The lowest BCUT2D eigenvalue weighted by atomic mass is 10.1. The van der Waals surface area contributed by atoms with E-state index in [-0.39, 0.29) is 5.91 Å². The Hall–Kier alpha value is -2.54. The molecule has 4 rings (SSSR count). The normalized spacial score (nSPS) is 17.4. The van der Waals surface area contributed by atoms with Gasteiger partial charge in [-0.1, -0.05) is 11.6 Å². The first kappa shape index (κ1) is 19.8. The maximum absolute atomic E-state index is 13.0. The number of amides is 1. The molecule has 1 aromatic heterocycles. The molecule has 0 bridgehead atoms. The van der Waals surface area contributed by atoms with Crippen LogP contribution < -0.4 is 14.5 Å². The van der Waals surface area contributed by atoms with Gasteiger partial charge in [0, 0.05) is 50.5 Å². The second-order valence-corrected chi connectivity index (χ2v) is 7.82. The van der Waals surface area contributed by atoms with E-state index >= 15 is 0 Å². The topological polar surface area (TPSA) is 61.8 Å². The van der Waals surface area contributed by atoms with Gasteiger partial charge in [0.25, 0.3) is 5.91 Å². The lowest BCUT2D eigenvalue weighted by molar-refractivity contribution is 0.0743. The van der Waals surface area contributed by atoms with Crippen molar-refractivity contribution >= 4 is 29.3 Å². The van der Waals surface area contributed by atoms with Crippen LogP contribution in [0.5, 0.6) is 5.75 Å². The molecule has 0 spiro atoms. The maximum Gasteiger partial charge on any atom is 0.257 e. The SMILES string of the molecule is COc1ccc(Cl)cc1C(=O)N1CCN(c2ccnc(N3CCCCC3)n2)CC1. The van der Waals surface area contributed by atoms with Crippen molar-refractivity contribution in [2.75, 3.05) is 56.2 Å². The van der Waals surface area contributed by atoms with Crippen LogP contribution in [-0.4, -0.2) is 67.2 Å². The highest BCUT2D eigenvalue weighted by Crippen LogP contribution is 2.25. The molecule has 3 heterocycles. The van der Waals surface area contributed by atoms with Crippen LogP contribution in [0.25, 0.3) is 0 Å². The van der Waals surface area contributed by atoms with Crippen molar-refractivity contribution in [2.45, 2.75) is 19.3 Å². The molecular weight excluding hydrogens is 390 g/mol. The number of piperazine rings is 1. The predicted octanol–water partition coefficient (Wildman–Crippen LogP) is 3.09. The molecule has 2 saturated heterocycles. The highest BCUT2D eigenvalue weighted by Gasteiger charge is 2.25. The first-order valence-electron chi connectivity index (χ1n) is 10.1. The third-order valence-electron chi connectivity index (χ3n) is 5.55. The monoisotopic (exact) mass is 415 g/mol. The smallest absolute Gasteiger partial charge is 0.257 e. The molecule has 0 radical (unpaired) electrons. The molecule has 154 valence electrons. The van der Waals surface area contributed by atoms with Crippen LogP contribution in [0.4, 0.5) is 11.8 Å². The minimum atomic E-state index is -0.0549. The molecule has 1 amide bonds. The van der Waals surface area contributed by atoms with E-state index in [1.54, 1.807) is 25.3 Å². The summed E-state index contributed by atoms with van der Waals surface area (Å²) < 4.78 is 5.34. The largest absolute Gasteiger partial charge is 0.496 e. The van der Waals surface area contributed by atoms with Crippen molar-refractivity contribution in [1.82, 2.24) is 14.9 Å². The van der Waals surface area contributed by atoms with Crippen LogP contribution in [0.3, 0.4) is 0 Å². The Morgan fingerprint density at radius 3 is 2.48 bits per heavy atom. The number of hydrogen-bond donors (Lipinski definition) is 0. The highest BCUT2D eigenvalue weighted by molar-refractivity contribution is 6.31. The molecule has 2 aromatic rings. The predicted molar refractivity (Wildman–Crippen MR) is 114 cm³/mol. The Morgan fingerprint density at radius 1 is 1.00 bits per heavy atom. The third-order valence-corrected chi connectivity index (χ3v) is 5.78. The molecule has 8 heteroatoms. The number of aromatic nitrogens is 2. The lowest BCUT2D eigenvalue weighted by Gasteiger charge is -2.36. The standard InChI is InChI=1S/C21H26ClN5O2/c1-29-18-6-5-16(22)15-17(18)20(28)26-13-11-25(12-14-26)19-7-8-23-21(24-19)27-9-3-2-4-10-27/h5-8,15H,2-4,9-14H2,1H3. The van der Waals surface area contributed by atoms with Gasteiger partial charge in [0.2, 0.25) is 5.95 Å². The molecule has 0 N–H and O–H groups in total. The minimum Gasteiger partial charge on any atom is -0.496 e. The molecule has 2 fully saturated rings. The average molecular weight is 416 g/mol. The van der Waals surface area contributed by atoms with Gasteiger partial charge in [-0.15, -0.1) is 0 Å². The summed E-state index contributed by atoms with van der Waals surface area (Å²) in [6, 6.07) is 7.08. The second kappa shape index (κ2) is 8.86. The first-order chi connectivity index (χ1) is 14.2. The maximum atomic E-state index is 13.0. The number of benzene rings is 1. The number of anilines is 2. The van der Waals surface area contributed by atoms with Crippen molar-refractivity contribution < 1.29 is 9.53 Å². The number of hydrogen-bond acceptors (Lipinski definition) is 6. The zero-order valence-electron chi connectivity index (χ0n) is 16.7. The fraction of sp³-hybridized carbons (Fsp3) is 0.476. The van der Waals surface area contributed by atoms with Crippen LogP contribution in [-0.2, 0) is 0 Å². The zero-order valence-corrected chi connectivity index (χ0v) is 17.4. The number of carbonyl (C=O) groups excluding carboxylic acids is 1. The van der Waals surface area contributed by atoms with E-state index in [4.69, 9.17) is 21.3 Å². The summed E-state index contributed by atoms with van der Waals surface area (Å²) in [6.07, 6.45) is 5.51. The zero-order chi connectivity index (χ0) is 20.2. The summed E-state index contributed by atoms with van der Waals surface area (Å²) >= 11 is 6.09. The fourth-order valence-corrected chi connectivity index (χ4v) is 4.09. The molecule has 0 atom stereocenters. The Kier molecular flexibility index (Phi) is 6.04. The summed E-state index contributed by atoms with van der Waals surface area (Å²) in [5, 5.41) is 0.527. The average Bonchev–Trinajstić information content (AvgIpc) is 2.79. The number of piperidine rings is 1. The summed E-state index contributed by atoms with van der Waals surface area (Å²) in [6.45, 7) is 4.74. The number of methoxy groups -OCH3 is 1. The van der Waals surface area contributed by atoms with Gasteiger partial charge < -0.3 is 19.4 Å². The van der Waals surface area contributed by atoms with Gasteiger partial charge in [0.15, 0.2) is 0 Å². The number of ether oxygens (including phenoxy) is 1. The Bertz CT molecular complexity index is 864. The number of nitrogens with zero attached hydrogens (tertiary/aromatic N) is 5. The van der Waals surface area contributed by atoms with E-state index in [0.29, 0.717) is 29.4 Å². The van der Waals surface area contributed by atoms with E-state index < -0.39 is 0 Å². The summed E-state index contributed by atoms with van der Waals surface area (Å²) in [5.74, 6) is 2.22. The fourth-order valence-electron chi connectivity index (χ4n) is 3.92. The molecule has 1 aromatic carbocycles. The van der Waals surface area contributed by atoms with Crippen molar-refractivity contribution in [3.8, 4) is 5.75 Å². The molecule has 2 aliphatic heterocycles. The van der Waals surface area contributed by atoms with Crippen molar-refractivity contribution in [2.24, 2.45) is 0 Å². The van der Waals surface area contributed by atoms with Gasteiger partial charge in [-0.3, -0.25) is 4.79 Å². The Labute approximate surface area is 176 Å². The van der Waals surface area contributed by atoms with E-state index in [0.717, 1.165) is 37.9 Å². The first-order valence-corrected chi connectivity index (χ1v) is 10.5. The van der Waals surface area contributed by atoms with Crippen LogP contribution in [0.1, 0.15) is 29.6 Å². The Morgan fingerprint density at radius 2 is 1.76 bits per heavy atom. The summed E-state index contributed by atoms with van der Waals surface area (Å²) in [4.78, 5) is 28.5. The van der Waals surface area contributed by atoms with Gasteiger partial charge >= 0.3 is 0 Å². The van der Waals surface area contributed by atoms with Gasteiger partial charge in [0.1, 0.15) is 11.6 Å². The van der Waals surface area contributed by atoms with Crippen molar-refractivity contribution in [3.63, 3.8) is 0 Å². The second-order valence-electron chi connectivity index (χ2n) is 7.39. The van der Waals surface area contributed by atoms with Crippen molar-refractivity contribution in [1.29, 1.82) is 0 Å². The highest BCUT2D eigenvalue weighted by atomic mass is 35.5. The molecular formula is C21H26ClN5O2. The molecule has 2 aliphatic rings. The molecule has 29 heavy (non-hydrogen) atoms. The molecule has 7 nitrogen and oxygen atoms in total.